The molecule has 0 aliphatic carbocycles. The minimum Gasteiger partial charge on any atom is -0.481 e. The Labute approximate surface area is 71.7 Å². The van der Waals surface area contributed by atoms with Crippen LogP contribution in [0.3, 0.4) is 0 Å². The van der Waals surface area contributed by atoms with Crippen LogP contribution in [0.15, 0.2) is 0 Å². The van der Waals surface area contributed by atoms with Crippen molar-refractivity contribution < 1.29 is 19.4 Å². The van der Waals surface area contributed by atoms with E-state index in [4.69, 9.17) is 5.11 Å². The maximum atomic E-state index is 10.3. The highest BCUT2D eigenvalue weighted by molar-refractivity contribution is 5.70. The van der Waals surface area contributed by atoms with Crippen molar-refractivity contribution >= 4 is 12.1 Å². The number of carboxylic acids is 1. The van der Waals surface area contributed by atoms with Crippen molar-refractivity contribution in [1.29, 1.82) is 0 Å². The Kier molecular flexibility index (Phi) is 10.8. The van der Waals surface area contributed by atoms with Gasteiger partial charge in [0.05, 0.1) is 13.5 Å². The number of methoxy groups -OCH3 is 1. The first-order chi connectivity index (χ1) is 5.66. The highest BCUT2D eigenvalue weighted by atomic mass is 16.5. The van der Waals surface area contributed by atoms with Crippen molar-refractivity contribution in [2.75, 3.05) is 13.7 Å². The maximum absolute atomic E-state index is 10.3. The van der Waals surface area contributed by atoms with Crippen molar-refractivity contribution in [2.45, 2.75) is 20.3 Å². The maximum Gasteiger partial charge on any atom is 0.406 e. The van der Waals surface area contributed by atoms with Crippen molar-refractivity contribution in [3.8, 4) is 0 Å². The molecule has 0 fully saturated rings. The highest BCUT2D eigenvalue weighted by Crippen LogP contribution is 1.76. The van der Waals surface area contributed by atoms with Crippen molar-refractivity contribution in [3.05, 3.63) is 0 Å². The van der Waals surface area contributed by atoms with Gasteiger partial charge in [-0.3, -0.25) is 4.79 Å². The van der Waals surface area contributed by atoms with E-state index >= 15 is 0 Å². The Morgan fingerprint density at radius 1 is 1.42 bits per heavy atom. The molecule has 2 N–H and O–H groups in total. The number of hydrogen-bond acceptors (Lipinski definition) is 3. The summed E-state index contributed by atoms with van der Waals surface area (Å²) in [5.74, 6) is -0.948. The molecule has 0 spiro atoms. The molecule has 0 aliphatic rings. The number of aliphatic carboxylic acids is 1. The van der Waals surface area contributed by atoms with Crippen molar-refractivity contribution in [2.24, 2.45) is 0 Å². The van der Waals surface area contributed by atoms with E-state index in [1.54, 1.807) is 0 Å². The van der Waals surface area contributed by atoms with E-state index in [2.05, 4.69) is 10.1 Å². The van der Waals surface area contributed by atoms with Gasteiger partial charge < -0.3 is 15.2 Å². The van der Waals surface area contributed by atoms with Crippen LogP contribution >= 0.6 is 0 Å². The van der Waals surface area contributed by atoms with Crippen LogP contribution in [0.25, 0.3) is 0 Å². The Balaban J connectivity index is 0. The molecule has 0 unspecified atom stereocenters. The first-order valence-electron chi connectivity index (χ1n) is 3.70. The van der Waals surface area contributed by atoms with Crippen LogP contribution in [0.4, 0.5) is 4.79 Å². The fourth-order valence-corrected chi connectivity index (χ4v) is 0.344. The second-order valence-electron chi connectivity index (χ2n) is 1.56. The Morgan fingerprint density at radius 2 is 1.92 bits per heavy atom. The van der Waals surface area contributed by atoms with Crippen LogP contribution in [0.5, 0.6) is 0 Å². The third-order valence-corrected chi connectivity index (χ3v) is 0.794. The highest BCUT2D eigenvalue weighted by Gasteiger charge is 1.99. The van der Waals surface area contributed by atoms with Crippen molar-refractivity contribution in [1.82, 2.24) is 5.32 Å². The Hall–Kier alpha value is -1.26. The first-order valence-corrected chi connectivity index (χ1v) is 3.70. The van der Waals surface area contributed by atoms with Gasteiger partial charge in [0.25, 0.3) is 0 Å². The third-order valence-electron chi connectivity index (χ3n) is 0.794. The molecule has 0 aromatic heterocycles. The molecular formula is C7H15NO4. The zero-order valence-electron chi connectivity index (χ0n) is 7.59. The van der Waals surface area contributed by atoms with E-state index in [-0.39, 0.29) is 13.0 Å². The molecular weight excluding hydrogens is 162 g/mol. The number of ether oxygens (including phenoxy) is 1. The standard InChI is InChI=1S/C5H9NO4.C2H6/c1-10-5(9)6-3-2-4(7)8;1-2/h2-3H2,1H3,(H,6,9)(H,7,8);1-2H3. The number of carbonyl (C=O) groups is 2. The van der Waals surface area contributed by atoms with Gasteiger partial charge in [-0.15, -0.1) is 0 Å². The molecule has 0 aliphatic heterocycles. The summed E-state index contributed by atoms with van der Waals surface area (Å²) in [5.41, 5.74) is 0. The minimum absolute atomic E-state index is 0.0882. The van der Waals surface area contributed by atoms with E-state index in [0.717, 1.165) is 0 Å². The van der Waals surface area contributed by atoms with Gasteiger partial charge in [0.1, 0.15) is 0 Å². The summed E-state index contributed by atoms with van der Waals surface area (Å²) in [6.07, 6.45) is -0.698. The van der Waals surface area contributed by atoms with Gasteiger partial charge in [-0.05, 0) is 0 Å². The molecule has 0 rings (SSSR count). The van der Waals surface area contributed by atoms with Crippen LogP contribution < -0.4 is 5.32 Å². The molecule has 72 valence electrons. The molecule has 0 atom stereocenters. The predicted octanol–water partition coefficient (Wildman–Crippen LogP) is 0.843. The smallest absolute Gasteiger partial charge is 0.406 e. The second kappa shape index (κ2) is 9.74. The van der Waals surface area contributed by atoms with E-state index in [0.29, 0.717) is 0 Å². The molecule has 0 aromatic carbocycles. The van der Waals surface area contributed by atoms with Crippen LogP contribution in [-0.4, -0.2) is 30.8 Å². The quantitative estimate of drug-likeness (QED) is 0.669. The van der Waals surface area contributed by atoms with Crippen LogP contribution in [0, 0.1) is 0 Å². The molecule has 0 heterocycles. The predicted molar refractivity (Wildman–Crippen MR) is 44.0 cm³/mol. The van der Waals surface area contributed by atoms with Gasteiger partial charge in [-0.1, -0.05) is 13.8 Å². The van der Waals surface area contributed by atoms with Gasteiger partial charge in [-0.25, -0.2) is 4.79 Å². The summed E-state index contributed by atoms with van der Waals surface area (Å²) in [5, 5.41) is 10.3. The molecule has 12 heavy (non-hydrogen) atoms. The summed E-state index contributed by atoms with van der Waals surface area (Å²) in [6.45, 7) is 4.10. The molecule has 5 heteroatoms. The second-order valence-corrected chi connectivity index (χ2v) is 1.56. The Morgan fingerprint density at radius 3 is 2.25 bits per heavy atom. The SMILES string of the molecule is CC.COC(=O)NCCC(=O)O. The number of hydrogen-bond donors (Lipinski definition) is 2. The van der Waals surface area contributed by atoms with Crippen LogP contribution in [0.2, 0.25) is 0 Å². The fourth-order valence-electron chi connectivity index (χ4n) is 0.344. The summed E-state index contributed by atoms with van der Waals surface area (Å²) in [7, 11) is 1.22. The summed E-state index contributed by atoms with van der Waals surface area (Å²) < 4.78 is 4.19. The average Bonchev–Trinajstić information content (AvgIpc) is 2.07. The Bertz CT molecular complexity index is 135. The number of carboxylic acid groups (broad SMARTS) is 1. The fraction of sp³-hybridized carbons (Fsp3) is 0.714. The topological polar surface area (TPSA) is 75.6 Å². The van der Waals surface area contributed by atoms with Crippen LogP contribution in [-0.2, 0) is 9.53 Å². The summed E-state index contributed by atoms with van der Waals surface area (Å²) >= 11 is 0. The van der Waals surface area contributed by atoms with Gasteiger partial charge in [0.15, 0.2) is 0 Å². The van der Waals surface area contributed by atoms with Gasteiger partial charge >= 0.3 is 12.1 Å². The lowest BCUT2D eigenvalue weighted by atomic mass is 10.4. The van der Waals surface area contributed by atoms with E-state index in [1.165, 1.54) is 7.11 Å². The average molecular weight is 177 g/mol. The lowest BCUT2D eigenvalue weighted by molar-refractivity contribution is -0.136. The zero-order chi connectivity index (χ0) is 9.98. The number of nitrogens with one attached hydrogen (secondary N) is 1. The van der Waals surface area contributed by atoms with E-state index < -0.39 is 12.1 Å². The largest absolute Gasteiger partial charge is 0.481 e. The summed E-state index contributed by atoms with van der Waals surface area (Å²) in [6, 6.07) is 0. The number of alkyl carbamates (subject to hydrolysis) is 1. The normalized spacial score (nSPS) is 7.58. The lowest BCUT2D eigenvalue weighted by Crippen LogP contribution is -2.25. The minimum atomic E-state index is -0.948. The monoisotopic (exact) mass is 177 g/mol. The zero-order valence-corrected chi connectivity index (χ0v) is 7.59. The molecule has 1 amide bonds. The van der Waals surface area contributed by atoms with Gasteiger partial charge in [0, 0.05) is 6.54 Å². The van der Waals surface area contributed by atoms with E-state index in [1.807, 2.05) is 13.8 Å². The molecule has 0 saturated carbocycles. The molecule has 0 aromatic rings. The van der Waals surface area contributed by atoms with Gasteiger partial charge in [0.2, 0.25) is 0 Å². The molecule has 0 bridgehead atoms. The first kappa shape index (κ1) is 13.3. The summed E-state index contributed by atoms with van der Waals surface area (Å²) in [4.78, 5) is 20.1. The van der Waals surface area contributed by atoms with Gasteiger partial charge in [-0.2, -0.15) is 0 Å². The number of amides is 1. The number of rotatable bonds is 3. The lowest BCUT2D eigenvalue weighted by Gasteiger charge is -1.99. The molecule has 0 radical (unpaired) electrons. The third kappa shape index (κ3) is 11.5. The molecule has 5 nitrogen and oxygen atoms in total. The van der Waals surface area contributed by atoms with Crippen molar-refractivity contribution in [3.63, 3.8) is 0 Å². The van der Waals surface area contributed by atoms with E-state index in [9.17, 15) is 9.59 Å². The molecule has 0 saturated heterocycles. The number of carbonyl (C=O) groups excluding carboxylic acids is 1. The van der Waals surface area contributed by atoms with Crippen LogP contribution in [0.1, 0.15) is 20.3 Å².